The van der Waals surface area contributed by atoms with Crippen molar-refractivity contribution in [2.75, 3.05) is 19.8 Å². The first-order valence-corrected chi connectivity index (χ1v) is 9.96. The molecular formula is C19H21N3OS2. The van der Waals surface area contributed by atoms with Gasteiger partial charge in [0.15, 0.2) is 0 Å². The SMILES string of the molecule is Cc1ccc(-c2csc3ncnc(SCCC(=O)N(C)C)c23)cc1C. The Kier molecular flexibility index (Phi) is 5.39. The Bertz CT molecular complexity index is 918. The molecule has 3 aromatic rings. The molecule has 0 aliphatic heterocycles. The average Bonchev–Trinajstić information content (AvgIpc) is 3.02. The number of carbonyl (C=O) groups excluding carboxylic acids is 1. The van der Waals surface area contributed by atoms with E-state index in [1.807, 2.05) is 0 Å². The van der Waals surface area contributed by atoms with Crippen LogP contribution in [0.1, 0.15) is 17.5 Å². The maximum Gasteiger partial charge on any atom is 0.222 e. The predicted molar refractivity (Wildman–Crippen MR) is 106 cm³/mol. The molecule has 25 heavy (non-hydrogen) atoms. The summed E-state index contributed by atoms with van der Waals surface area (Å²) >= 11 is 3.26. The van der Waals surface area contributed by atoms with Gasteiger partial charge in [-0.15, -0.1) is 23.1 Å². The van der Waals surface area contributed by atoms with Gasteiger partial charge in [-0.3, -0.25) is 4.79 Å². The van der Waals surface area contributed by atoms with Gasteiger partial charge in [-0.05, 0) is 30.5 Å². The first-order valence-electron chi connectivity index (χ1n) is 8.10. The van der Waals surface area contributed by atoms with E-state index in [1.165, 1.54) is 22.3 Å². The molecule has 0 saturated heterocycles. The topological polar surface area (TPSA) is 46.1 Å². The minimum absolute atomic E-state index is 0.137. The molecule has 130 valence electrons. The van der Waals surface area contributed by atoms with Crippen LogP contribution >= 0.6 is 23.1 Å². The summed E-state index contributed by atoms with van der Waals surface area (Å²) in [5.74, 6) is 0.850. The van der Waals surface area contributed by atoms with Crippen LogP contribution in [0.4, 0.5) is 0 Å². The highest BCUT2D eigenvalue weighted by Crippen LogP contribution is 2.38. The second-order valence-corrected chi connectivity index (χ2v) is 8.14. The van der Waals surface area contributed by atoms with E-state index >= 15 is 0 Å². The van der Waals surface area contributed by atoms with Gasteiger partial charge in [0.2, 0.25) is 5.91 Å². The molecule has 0 aliphatic carbocycles. The number of amides is 1. The van der Waals surface area contributed by atoms with E-state index in [9.17, 15) is 4.79 Å². The summed E-state index contributed by atoms with van der Waals surface area (Å²) in [6.45, 7) is 4.25. The Labute approximate surface area is 156 Å². The number of hydrogen-bond donors (Lipinski definition) is 0. The Morgan fingerprint density at radius 1 is 1.20 bits per heavy atom. The van der Waals surface area contributed by atoms with E-state index in [0.717, 1.165) is 15.2 Å². The zero-order valence-electron chi connectivity index (χ0n) is 14.9. The predicted octanol–water partition coefficient (Wildman–Crippen LogP) is 4.55. The van der Waals surface area contributed by atoms with Gasteiger partial charge in [-0.1, -0.05) is 18.2 Å². The first-order chi connectivity index (χ1) is 12.0. The second kappa shape index (κ2) is 7.54. The molecule has 4 nitrogen and oxygen atoms in total. The first kappa shape index (κ1) is 17.9. The molecule has 6 heteroatoms. The van der Waals surface area contributed by atoms with Crippen molar-refractivity contribution in [3.63, 3.8) is 0 Å². The fourth-order valence-electron chi connectivity index (χ4n) is 2.54. The number of carbonyl (C=O) groups is 1. The third kappa shape index (κ3) is 3.85. The normalized spacial score (nSPS) is 11.0. The molecule has 0 spiro atoms. The van der Waals surface area contributed by atoms with Gasteiger partial charge in [0, 0.05) is 37.2 Å². The number of aryl methyl sites for hydroxylation is 2. The van der Waals surface area contributed by atoms with Crippen molar-refractivity contribution in [3.05, 3.63) is 41.0 Å². The molecule has 1 amide bonds. The summed E-state index contributed by atoms with van der Waals surface area (Å²) in [6, 6.07) is 6.52. The molecule has 0 saturated carbocycles. The highest BCUT2D eigenvalue weighted by atomic mass is 32.2. The van der Waals surface area contributed by atoms with Crippen molar-refractivity contribution in [1.29, 1.82) is 0 Å². The standard InChI is InChI=1S/C19H21N3OS2/c1-12-5-6-14(9-13(12)2)15-10-25-19-17(15)18(20-11-21-19)24-8-7-16(23)22(3)4/h5-6,9-11H,7-8H2,1-4H3. The average molecular weight is 372 g/mol. The zero-order chi connectivity index (χ0) is 18.0. The van der Waals surface area contributed by atoms with Gasteiger partial charge in [0.05, 0.1) is 5.39 Å². The maximum absolute atomic E-state index is 11.8. The lowest BCUT2D eigenvalue weighted by molar-refractivity contribution is -0.128. The number of rotatable bonds is 5. The molecule has 0 N–H and O–H groups in total. The molecule has 0 fully saturated rings. The van der Waals surface area contributed by atoms with E-state index in [2.05, 4.69) is 47.4 Å². The Balaban J connectivity index is 1.93. The molecule has 1 aromatic carbocycles. The van der Waals surface area contributed by atoms with Crippen LogP contribution in [0.25, 0.3) is 21.3 Å². The maximum atomic E-state index is 11.8. The molecule has 0 unspecified atom stereocenters. The van der Waals surface area contributed by atoms with E-state index in [-0.39, 0.29) is 5.91 Å². The van der Waals surface area contributed by atoms with Gasteiger partial charge in [-0.2, -0.15) is 0 Å². The van der Waals surface area contributed by atoms with Crippen molar-refractivity contribution in [2.45, 2.75) is 25.3 Å². The van der Waals surface area contributed by atoms with Crippen LogP contribution in [0, 0.1) is 13.8 Å². The molecule has 0 atom stereocenters. The van der Waals surface area contributed by atoms with Gasteiger partial charge < -0.3 is 4.90 Å². The fourth-order valence-corrected chi connectivity index (χ4v) is 4.46. The zero-order valence-corrected chi connectivity index (χ0v) is 16.5. The van der Waals surface area contributed by atoms with Crippen molar-refractivity contribution in [3.8, 4) is 11.1 Å². The van der Waals surface area contributed by atoms with Crippen LogP contribution in [-0.4, -0.2) is 40.6 Å². The third-order valence-corrected chi connectivity index (χ3v) is 6.08. The van der Waals surface area contributed by atoms with Crippen molar-refractivity contribution < 1.29 is 4.79 Å². The molecule has 2 aromatic heterocycles. The van der Waals surface area contributed by atoms with Crippen LogP contribution in [-0.2, 0) is 4.79 Å². The van der Waals surface area contributed by atoms with Crippen LogP contribution in [0.2, 0.25) is 0 Å². The van der Waals surface area contributed by atoms with Crippen LogP contribution in [0.5, 0.6) is 0 Å². The highest BCUT2D eigenvalue weighted by molar-refractivity contribution is 7.99. The van der Waals surface area contributed by atoms with Crippen LogP contribution < -0.4 is 0 Å². The molecule has 2 heterocycles. The van der Waals surface area contributed by atoms with Crippen LogP contribution in [0.3, 0.4) is 0 Å². The summed E-state index contributed by atoms with van der Waals surface area (Å²) in [4.78, 5) is 23.3. The van der Waals surface area contributed by atoms with Gasteiger partial charge in [-0.25, -0.2) is 9.97 Å². The number of hydrogen-bond acceptors (Lipinski definition) is 5. The largest absolute Gasteiger partial charge is 0.349 e. The molecule has 3 rings (SSSR count). The summed E-state index contributed by atoms with van der Waals surface area (Å²) in [7, 11) is 3.57. The lowest BCUT2D eigenvalue weighted by Gasteiger charge is -2.10. The quantitative estimate of drug-likeness (QED) is 0.488. The monoisotopic (exact) mass is 371 g/mol. The Morgan fingerprint density at radius 2 is 2.00 bits per heavy atom. The Hall–Kier alpha value is -1.92. The Morgan fingerprint density at radius 3 is 2.72 bits per heavy atom. The summed E-state index contributed by atoms with van der Waals surface area (Å²) in [5, 5.41) is 4.20. The lowest BCUT2D eigenvalue weighted by atomic mass is 10.0. The highest BCUT2D eigenvalue weighted by Gasteiger charge is 2.14. The van der Waals surface area contributed by atoms with Crippen molar-refractivity contribution >= 4 is 39.2 Å². The van der Waals surface area contributed by atoms with E-state index in [0.29, 0.717) is 12.2 Å². The van der Waals surface area contributed by atoms with E-state index in [1.54, 1.807) is 48.4 Å². The number of fused-ring (bicyclic) bond motifs is 1. The smallest absolute Gasteiger partial charge is 0.222 e. The number of aromatic nitrogens is 2. The number of thioether (sulfide) groups is 1. The summed E-state index contributed by atoms with van der Waals surface area (Å²) in [5.41, 5.74) is 4.93. The van der Waals surface area contributed by atoms with Gasteiger partial charge in [0.25, 0.3) is 0 Å². The fraction of sp³-hybridized carbons (Fsp3) is 0.316. The van der Waals surface area contributed by atoms with Crippen molar-refractivity contribution in [1.82, 2.24) is 14.9 Å². The molecule has 0 aliphatic rings. The summed E-state index contributed by atoms with van der Waals surface area (Å²) in [6.07, 6.45) is 2.12. The minimum Gasteiger partial charge on any atom is -0.349 e. The number of benzene rings is 1. The number of thiophene rings is 1. The van der Waals surface area contributed by atoms with Crippen molar-refractivity contribution in [2.24, 2.45) is 0 Å². The molecule has 0 radical (unpaired) electrons. The second-order valence-electron chi connectivity index (χ2n) is 6.19. The van der Waals surface area contributed by atoms with Crippen LogP contribution in [0.15, 0.2) is 34.9 Å². The van der Waals surface area contributed by atoms with Gasteiger partial charge in [0.1, 0.15) is 16.2 Å². The van der Waals surface area contributed by atoms with E-state index in [4.69, 9.17) is 0 Å². The summed E-state index contributed by atoms with van der Waals surface area (Å²) < 4.78 is 0. The molecular weight excluding hydrogens is 350 g/mol. The number of nitrogens with zero attached hydrogens (tertiary/aromatic N) is 3. The lowest BCUT2D eigenvalue weighted by Crippen LogP contribution is -2.21. The third-order valence-electron chi connectivity index (χ3n) is 4.21. The van der Waals surface area contributed by atoms with Gasteiger partial charge >= 0.3 is 0 Å². The minimum atomic E-state index is 0.137. The van der Waals surface area contributed by atoms with E-state index < -0.39 is 0 Å². The molecule has 0 bridgehead atoms.